The Hall–Kier alpha value is -3.16. The SMILES string of the molecule is Cc1cc(-c2nc([C@H]3CCCCN3C(=O)COc3ccccc3)no2)[nH]n1. The van der Waals surface area contributed by atoms with Gasteiger partial charge >= 0.3 is 0 Å². The van der Waals surface area contributed by atoms with Crippen molar-refractivity contribution in [2.24, 2.45) is 0 Å². The molecule has 2 aromatic heterocycles. The van der Waals surface area contributed by atoms with Crippen LogP contribution in [-0.4, -0.2) is 44.3 Å². The third-order valence-corrected chi connectivity index (χ3v) is 4.60. The third kappa shape index (κ3) is 3.84. The second kappa shape index (κ2) is 7.61. The number of hydrogen-bond acceptors (Lipinski definition) is 6. The highest BCUT2D eigenvalue weighted by atomic mass is 16.5. The number of aryl methyl sites for hydroxylation is 1. The van der Waals surface area contributed by atoms with Crippen LogP contribution in [-0.2, 0) is 4.79 Å². The average molecular weight is 367 g/mol. The number of carbonyl (C=O) groups is 1. The van der Waals surface area contributed by atoms with Crippen molar-refractivity contribution in [3.05, 3.63) is 47.9 Å². The van der Waals surface area contributed by atoms with E-state index < -0.39 is 0 Å². The van der Waals surface area contributed by atoms with E-state index in [1.54, 1.807) is 4.90 Å². The van der Waals surface area contributed by atoms with Gasteiger partial charge in [0.1, 0.15) is 11.4 Å². The van der Waals surface area contributed by atoms with Crippen LogP contribution in [0.15, 0.2) is 40.9 Å². The average Bonchev–Trinajstić information content (AvgIpc) is 3.36. The number of aromatic nitrogens is 4. The Bertz CT molecular complexity index is 905. The number of para-hydroxylation sites is 1. The Morgan fingerprint density at radius 1 is 1.33 bits per heavy atom. The molecule has 0 aliphatic carbocycles. The number of aromatic amines is 1. The molecule has 3 aromatic rings. The van der Waals surface area contributed by atoms with Gasteiger partial charge in [0.25, 0.3) is 11.8 Å². The molecule has 27 heavy (non-hydrogen) atoms. The molecule has 1 saturated heterocycles. The topological polar surface area (TPSA) is 97.1 Å². The lowest BCUT2D eigenvalue weighted by atomic mass is 10.0. The second-order valence-corrected chi connectivity index (χ2v) is 6.58. The number of H-pyrrole nitrogens is 1. The summed E-state index contributed by atoms with van der Waals surface area (Å²) in [5.41, 5.74) is 1.52. The summed E-state index contributed by atoms with van der Waals surface area (Å²) in [6, 6.07) is 11.0. The monoisotopic (exact) mass is 367 g/mol. The second-order valence-electron chi connectivity index (χ2n) is 6.58. The maximum atomic E-state index is 12.7. The quantitative estimate of drug-likeness (QED) is 0.745. The number of benzene rings is 1. The van der Waals surface area contributed by atoms with Crippen LogP contribution in [0.2, 0.25) is 0 Å². The number of piperidine rings is 1. The van der Waals surface area contributed by atoms with Crippen molar-refractivity contribution in [3.63, 3.8) is 0 Å². The Morgan fingerprint density at radius 3 is 2.96 bits per heavy atom. The summed E-state index contributed by atoms with van der Waals surface area (Å²) in [6.45, 7) is 2.53. The van der Waals surface area contributed by atoms with Gasteiger partial charge in [0.2, 0.25) is 0 Å². The first-order valence-electron chi connectivity index (χ1n) is 9.04. The number of nitrogens with zero attached hydrogens (tertiary/aromatic N) is 4. The van der Waals surface area contributed by atoms with E-state index in [0.29, 0.717) is 29.7 Å². The number of rotatable bonds is 5. The molecule has 8 heteroatoms. The van der Waals surface area contributed by atoms with Gasteiger partial charge < -0.3 is 14.2 Å². The fourth-order valence-electron chi connectivity index (χ4n) is 3.25. The van der Waals surface area contributed by atoms with E-state index in [2.05, 4.69) is 20.3 Å². The molecule has 8 nitrogen and oxygen atoms in total. The van der Waals surface area contributed by atoms with E-state index in [4.69, 9.17) is 9.26 Å². The van der Waals surface area contributed by atoms with Gasteiger partial charge in [-0.15, -0.1) is 0 Å². The summed E-state index contributed by atoms with van der Waals surface area (Å²) in [6.07, 6.45) is 2.77. The summed E-state index contributed by atoms with van der Waals surface area (Å²) < 4.78 is 11.0. The molecule has 0 radical (unpaired) electrons. The lowest BCUT2D eigenvalue weighted by molar-refractivity contribution is -0.137. The molecule has 140 valence electrons. The zero-order valence-corrected chi connectivity index (χ0v) is 15.1. The van der Waals surface area contributed by atoms with Crippen molar-refractivity contribution in [2.45, 2.75) is 32.2 Å². The molecule has 1 aliphatic rings. The molecule has 1 N–H and O–H groups in total. The fraction of sp³-hybridized carbons (Fsp3) is 0.368. The Balaban J connectivity index is 1.47. The van der Waals surface area contributed by atoms with Gasteiger partial charge in [0, 0.05) is 6.54 Å². The minimum absolute atomic E-state index is 0.00896. The lowest BCUT2D eigenvalue weighted by Crippen LogP contribution is -2.41. The van der Waals surface area contributed by atoms with Crippen LogP contribution in [0.1, 0.15) is 36.8 Å². The van der Waals surface area contributed by atoms with Crippen LogP contribution in [0.4, 0.5) is 0 Å². The number of ether oxygens (including phenoxy) is 1. The fourth-order valence-corrected chi connectivity index (χ4v) is 3.25. The molecule has 0 bridgehead atoms. The number of amides is 1. The predicted molar refractivity (Wildman–Crippen MR) is 96.9 cm³/mol. The first kappa shape index (κ1) is 17.3. The van der Waals surface area contributed by atoms with Gasteiger partial charge in [0.05, 0.1) is 11.7 Å². The molecule has 1 aliphatic heterocycles. The van der Waals surface area contributed by atoms with Gasteiger partial charge in [-0.1, -0.05) is 23.4 Å². The van der Waals surface area contributed by atoms with Crippen molar-refractivity contribution in [2.75, 3.05) is 13.2 Å². The summed E-state index contributed by atoms with van der Waals surface area (Å²) in [5.74, 6) is 1.50. The molecule has 1 amide bonds. The van der Waals surface area contributed by atoms with E-state index in [1.807, 2.05) is 43.3 Å². The molecule has 1 fully saturated rings. The van der Waals surface area contributed by atoms with Gasteiger partial charge in [-0.2, -0.15) is 10.1 Å². The van der Waals surface area contributed by atoms with E-state index in [0.717, 1.165) is 25.0 Å². The van der Waals surface area contributed by atoms with E-state index in [9.17, 15) is 4.79 Å². The predicted octanol–water partition coefficient (Wildman–Crippen LogP) is 2.90. The molecular formula is C19H21N5O3. The van der Waals surface area contributed by atoms with E-state index in [1.165, 1.54) is 0 Å². The molecule has 1 atom stereocenters. The normalized spacial score (nSPS) is 17.1. The zero-order chi connectivity index (χ0) is 18.6. The van der Waals surface area contributed by atoms with Crippen molar-refractivity contribution in [1.82, 2.24) is 25.2 Å². The summed E-state index contributed by atoms with van der Waals surface area (Å²) >= 11 is 0. The Labute approximate surface area is 156 Å². The van der Waals surface area contributed by atoms with Gasteiger partial charge in [-0.05, 0) is 44.4 Å². The smallest absolute Gasteiger partial charge is 0.276 e. The summed E-state index contributed by atoms with van der Waals surface area (Å²) in [7, 11) is 0. The highest BCUT2D eigenvalue weighted by Crippen LogP contribution is 2.30. The highest BCUT2D eigenvalue weighted by molar-refractivity contribution is 5.78. The summed E-state index contributed by atoms with van der Waals surface area (Å²) in [5, 5.41) is 11.0. The first-order valence-corrected chi connectivity index (χ1v) is 9.04. The van der Waals surface area contributed by atoms with Crippen molar-refractivity contribution < 1.29 is 14.1 Å². The number of likely N-dealkylation sites (tertiary alicyclic amines) is 1. The minimum atomic E-state index is -0.202. The van der Waals surface area contributed by atoms with Gasteiger partial charge in [0.15, 0.2) is 12.4 Å². The van der Waals surface area contributed by atoms with Crippen LogP contribution >= 0.6 is 0 Å². The maximum Gasteiger partial charge on any atom is 0.276 e. The number of nitrogens with one attached hydrogen (secondary N) is 1. The van der Waals surface area contributed by atoms with E-state index >= 15 is 0 Å². The van der Waals surface area contributed by atoms with E-state index in [-0.39, 0.29) is 18.6 Å². The molecule has 0 unspecified atom stereocenters. The standard InChI is InChI=1S/C19H21N5O3/c1-13-11-15(22-21-13)19-20-18(23-27-19)16-9-5-6-10-24(16)17(25)12-26-14-7-3-2-4-8-14/h2-4,7-8,11,16H,5-6,9-10,12H2,1H3,(H,21,22)/t16-/m1/s1. The van der Waals surface area contributed by atoms with Crippen LogP contribution in [0.5, 0.6) is 5.75 Å². The summed E-state index contributed by atoms with van der Waals surface area (Å²) in [4.78, 5) is 19.0. The molecule has 1 aromatic carbocycles. The van der Waals surface area contributed by atoms with Crippen LogP contribution < -0.4 is 4.74 Å². The lowest BCUT2D eigenvalue weighted by Gasteiger charge is -2.33. The highest BCUT2D eigenvalue weighted by Gasteiger charge is 2.32. The largest absolute Gasteiger partial charge is 0.484 e. The molecule has 0 saturated carbocycles. The third-order valence-electron chi connectivity index (χ3n) is 4.60. The van der Waals surface area contributed by atoms with Crippen LogP contribution in [0.25, 0.3) is 11.6 Å². The zero-order valence-electron chi connectivity index (χ0n) is 15.1. The maximum absolute atomic E-state index is 12.7. The van der Waals surface area contributed by atoms with Crippen LogP contribution in [0, 0.1) is 6.92 Å². The number of hydrogen-bond donors (Lipinski definition) is 1. The Morgan fingerprint density at radius 2 is 2.19 bits per heavy atom. The molecular weight excluding hydrogens is 346 g/mol. The first-order chi connectivity index (χ1) is 13.2. The van der Waals surface area contributed by atoms with Crippen molar-refractivity contribution in [3.8, 4) is 17.3 Å². The van der Waals surface area contributed by atoms with Crippen LogP contribution in [0.3, 0.4) is 0 Å². The van der Waals surface area contributed by atoms with Crippen molar-refractivity contribution >= 4 is 5.91 Å². The Kier molecular flexibility index (Phi) is 4.86. The molecule has 3 heterocycles. The van der Waals surface area contributed by atoms with Gasteiger partial charge in [-0.3, -0.25) is 9.89 Å². The van der Waals surface area contributed by atoms with Crippen molar-refractivity contribution in [1.29, 1.82) is 0 Å². The number of carbonyl (C=O) groups excluding carboxylic acids is 1. The minimum Gasteiger partial charge on any atom is -0.484 e. The van der Waals surface area contributed by atoms with Gasteiger partial charge in [-0.25, -0.2) is 0 Å². The molecule has 4 rings (SSSR count). The molecule has 0 spiro atoms.